The van der Waals surface area contributed by atoms with Crippen LogP contribution in [0.5, 0.6) is 0 Å². The molecule has 0 amide bonds. The molecule has 12 aromatic rings. The van der Waals surface area contributed by atoms with Crippen molar-refractivity contribution in [1.29, 1.82) is 0 Å². The van der Waals surface area contributed by atoms with Crippen LogP contribution in [-0.4, -0.2) is 167 Å². The lowest BCUT2D eigenvalue weighted by Crippen LogP contribution is -2.32. The Bertz CT molecular complexity index is 5060. The molecule has 3 aliphatic heterocycles. The lowest BCUT2D eigenvalue weighted by Gasteiger charge is -2.29. The third-order valence-corrected chi connectivity index (χ3v) is 20.2. The Morgan fingerprint density at radius 3 is 1.19 bits per heavy atom. The van der Waals surface area contributed by atoms with Gasteiger partial charge in [-0.3, -0.25) is 29.3 Å². The Hall–Kier alpha value is -12.3. The second kappa shape index (κ2) is 33.0. The van der Waals surface area contributed by atoms with Gasteiger partial charge in [0.25, 0.3) is 0 Å². The Morgan fingerprint density at radius 1 is 0.417 bits per heavy atom. The maximum Gasteiger partial charge on any atom is 0.185 e. The van der Waals surface area contributed by atoms with Gasteiger partial charge in [-0.1, -0.05) is 60.2 Å². The fourth-order valence-corrected chi connectivity index (χ4v) is 13.8. The minimum atomic E-state index is -0.0192. The van der Waals surface area contributed by atoms with Gasteiger partial charge in [0.15, 0.2) is 34.3 Å². The number of anilines is 3. The number of pyridine rings is 3. The SMILES string of the molecule is Cc1cc(C(=O)Cc2ccc(C)c(C#Cc3nn(C4CCN(C)CC4)c4ncnc(N)c34)c2)ccn1.Cc1cccc(C(=O)Cc2ccc(C)c(C#Cc3nn(C4CCN(C)CC4)c4ncnc(N)c34)c2)n1.Cc1cncc(C(=O)Cc2ccc(C)c(C#Cc3nn(C4CCN(C)CC4)c4ncnc(N)c34)c2)c1. The van der Waals surface area contributed by atoms with Crippen molar-refractivity contribution < 1.29 is 14.4 Å². The van der Waals surface area contributed by atoms with Crippen molar-refractivity contribution in [2.75, 3.05) is 77.6 Å². The summed E-state index contributed by atoms with van der Waals surface area (Å²) in [6, 6.07) is 29.5. The minimum absolute atomic E-state index is 0.0192. The minimum Gasteiger partial charge on any atom is -0.383 e. The molecule has 0 atom stereocenters. The zero-order valence-corrected chi connectivity index (χ0v) is 62.5. The van der Waals surface area contributed by atoms with E-state index in [0.29, 0.717) is 73.9 Å². The highest BCUT2D eigenvalue weighted by atomic mass is 16.1. The summed E-state index contributed by atoms with van der Waals surface area (Å²) in [5.41, 5.74) is 35.3. The van der Waals surface area contributed by atoms with Gasteiger partial charge in [-0.25, -0.2) is 43.9 Å². The molecule has 15 rings (SSSR count). The number of piperidine rings is 3. The van der Waals surface area contributed by atoms with Crippen LogP contribution in [0.4, 0.5) is 17.5 Å². The number of Topliss-reactive ketones (excluding diaryl/α,β-unsaturated/α-hetero) is 3. The number of carbonyl (C=O) groups excluding carboxylic acids is 3. The number of hydrogen-bond acceptors (Lipinski definition) is 21. The smallest absolute Gasteiger partial charge is 0.185 e. The van der Waals surface area contributed by atoms with Crippen LogP contribution in [0.1, 0.15) is 172 Å². The number of benzene rings is 3. The number of nitrogen functional groups attached to an aromatic ring is 3. The van der Waals surface area contributed by atoms with Crippen molar-refractivity contribution in [2.45, 2.75) is 117 Å². The van der Waals surface area contributed by atoms with Gasteiger partial charge in [0, 0.05) is 77.1 Å². The van der Waals surface area contributed by atoms with Gasteiger partial charge in [0.1, 0.15) is 59.2 Å². The van der Waals surface area contributed by atoms with Crippen LogP contribution < -0.4 is 17.2 Å². The average molecular weight is 1440 g/mol. The second-order valence-corrected chi connectivity index (χ2v) is 28.5. The zero-order chi connectivity index (χ0) is 75.7. The second-order valence-electron chi connectivity index (χ2n) is 28.5. The molecule has 3 saturated heterocycles. The Balaban J connectivity index is 0.000000143. The predicted molar refractivity (Wildman–Crippen MR) is 419 cm³/mol. The van der Waals surface area contributed by atoms with Crippen LogP contribution in [0, 0.1) is 77.1 Å². The molecule has 12 heterocycles. The van der Waals surface area contributed by atoms with Crippen molar-refractivity contribution in [3.63, 3.8) is 0 Å². The Kier molecular flexibility index (Phi) is 22.6. The third-order valence-electron chi connectivity index (χ3n) is 20.2. The zero-order valence-electron chi connectivity index (χ0n) is 62.5. The molecule has 3 aromatic carbocycles. The third kappa shape index (κ3) is 17.3. The lowest BCUT2D eigenvalue weighted by molar-refractivity contribution is 0.0981. The molecule has 0 saturated carbocycles. The monoisotopic (exact) mass is 1440 g/mol. The van der Waals surface area contributed by atoms with Crippen molar-refractivity contribution in [3.05, 3.63) is 229 Å². The number of carbonyl (C=O) groups is 3. The summed E-state index contributed by atoms with van der Waals surface area (Å²) >= 11 is 0. The molecule has 0 spiro atoms. The van der Waals surface area contributed by atoms with Gasteiger partial charge in [-0.05, 0) is 246 Å². The molecule has 3 fully saturated rings. The first-order chi connectivity index (χ1) is 52.2. The molecule has 24 nitrogen and oxygen atoms in total. The molecule has 3 aliphatic rings. The normalized spacial score (nSPS) is 14.5. The topological polar surface area (TPSA) is 308 Å². The maximum atomic E-state index is 12.8. The highest BCUT2D eigenvalue weighted by molar-refractivity contribution is 5.99. The van der Waals surface area contributed by atoms with Crippen molar-refractivity contribution in [3.8, 4) is 35.5 Å². The number of fused-ring (bicyclic) bond motifs is 3. The number of ketones is 3. The molecule has 0 unspecified atom stereocenters. The highest BCUT2D eigenvalue weighted by Crippen LogP contribution is 2.33. The van der Waals surface area contributed by atoms with Gasteiger partial charge >= 0.3 is 0 Å². The number of hydrogen-bond donors (Lipinski definition) is 3. The van der Waals surface area contributed by atoms with Gasteiger partial charge in [0.2, 0.25) is 0 Å². The van der Waals surface area contributed by atoms with E-state index in [0.717, 1.165) is 162 Å². The molecule has 0 radical (unpaired) electrons. The number of nitrogens with zero attached hydrogens (tertiary/aromatic N) is 18. The van der Waals surface area contributed by atoms with Crippen LogP contribution in [0.25, 0.3) is 33.1 Å². The van der Waals surface area contributed by atoms with Crippen LogP contribution in [0.2, 0.25) is 0 Å². The molecule has 546 valence electrons. The first-order valence-corrected chi connectivity index (χ1v) is 36.4. The summed E-state index contributed by atoms with van der Waals surface area (Å²) in [4.78, 5) is 84.0. The van der Waals surface area contributed by atoms with E-state index in [2.05, 4.69) is 116 Å². The number of likely N-dealkylation sites (tertiary alicyclic amines) is 3. The first kappa shape index (κ1) is 74.0. The molecule has 6 N–H and O–H groups in total. The summed E-state index contributed by atoms with van der Waals surface area (Å²) in [5, 5.41) is 16.6. The largest absolute Gasteiger partial charge is 0.383 e. The maximum absolute atomic E-state index is 12.8. The van der Waals surface area contributed by atoms with Gasteiger partial charge in [0.05, 0.1) is 34.3 Å². The van der Waals surface area contributed by atoms with Crippen LogP contribution >= 0.6 is 0 Å². The van der Waals surface area contributed by atoms with E-state index in [-0.39, 0.29) is 48.3 Å². The number of aryl methyl sites for hydroxylation is 6. The fourth-order valence-electron chi connectivity index (χ4n) is 13.8. The number of rotatable bonds is 12. The summed E-state index contributed by atoms with van der Waals surface area (Å²) < 4.78 is 5.92. The molecule has 108 heavy (non-hydrogen) atoms. The van der Waals surface area contributed by atoms with Crippen LogP contribution in [0.15, 0.2) is 129 Å². The van der Waals surface area contributed by atoms with E-state index in [1.807, 2.05) is 134 Å². The molecule has 0 aliphatic carbocycles. The van der Waals surface area contributed by atoms with E-state index in [1.54, 1.807) is 30.7 Å². The number of nitrogens with two attached hydrogens (primary N) is 3. The molecular formula is C84H87N21O3. The molecule has 9 aromatic heterocycles. The summed E-state index contributed by atoms with van der Waals surface area (Å²) in [6.07, 6.45) is 16.3. The Labute approximate surface area is 628 Å². The Morgan fingerprint density at radius 2 is 0.806 bits per heavy atom. The quantitative estimate of drug-likeness (QED) is 0.0756. The van der Waals surface area contributed by atoms with Gasteiger partial charge < -0.3 is 31.9 Å². The molecule has 24 heteroatoms. The predicted octanol–water partition coefficient (Wildman–Crippen LogP) is 10.5. The van der Waals surface area contributed by atoms with E-state index in [9.17, 15) is 14.4 Å². The van der Waals surface area contributed by atoms with E-state index >= 15 is 0 Å². The highest BCUT2D eigenvalue weighted by Gasteiger charge is 2.28. The van der Waals surface area contributed by atoms with Crippen LogP contribution in [-0.2, 0) is 19.3 Å². The lowest BCUT2D eigenvalue weighted by atomic mass is 9.99. The first-order valence-electron chi connectivity index (χ1n) is 36.4. The van der Waals surface area contributed by atoms with Crippen LogP contribution in [0.3, 0.4) is 0 Å². The van der Waals surface area contributed by atoms with E-state index in [4.69, 9.17) is 32.5 Å². The van der Waals surface area contributed by atoms with Crippen molar-refractivity contribution >= 4 is 67.9 Å². The van der Waals surface area contributed by atoms with Gasteiger partial charge in [-0.15, -0.1) is 0 Å². The van der Waals surface area contributed by atoms with E-state index in [1.165, 1.54) is 19.0 Å². The van der Waals surface area contributed by atoms with Crippen molar-refractivity contribution in [2.24, 2.45) is 0 Å². The van der Waals surface area contributed by atoms with Crippen molar-refractivity contribution in [1.82, 2.24) is 88.9 Å². The number of aromatic nitrogens is 15. The molecule has 0 bridgehead atoms. The summed E-state index contributed by atoms with van der Waals surface area (Å²) in [6.45, 7) is 17.8. The summed E-state index contributed by atoms with van der Waals surface area (Å²) in [7, 11) is 6.41. The van der Waals surface area contributed by atoms with Gasteiger partial charge in [-0.2, -0.15) is 15.3 Å². The standard InChI is InChI=1S/3C28H29N7O/c1-18-4-5-20(16-25(36)22-8-11-30-19(2)14-22)15-21(18)6-7-24-26-27(29)31-17-32-28(26)35(33-24)23-9-12-34(3)13-10-23;1-18-12-22(16-30-15-18)25(36)14-20-5-4-19(2)21(13-20)6-7-24-26-27(29)31-17-32-28(26)35(33-24)23-8-10-34(3)11-9-23;1-18-7-8-20(16-25(36)23-6-4-5-19(2)32-23)15-21(18)9-10-24-26-27(29)30-17-31-28(26)35(33-24)22-11-13-34(3)14-12-22/h4-5,8,11,14-15,17,23H,9-10,12-13,16H2,1-3H3,(H2,29,31,32);4-5,12-13,15-17,23H,8-11,14H2,1-3H3,(H2,29,31,32);4-8,15,17,22H,11-14,16H2,1-3H3,(H2,29,30,31). The van der Waals surface area contributed by atoms with E-state index < -0.39 is 0 Å². The summed E-state index contributed by atoms with van der Waals surface area (Å²) in [5.74, 6) is 20.7. The average Bonchev–Trinajstić information content (AvgIpc) is 1.64. The fraction of sp³-hybridized carbons (Fsp3) is 0.321. The molecular weight excluding hydrogens is 1350 g/mol.